The second-order valence-corrected chi connectivity index (χ2v) is 3.76. The summed E-state index contributed by atoms with van der Waals surface area (Å²) in [6.45, 7) is 2.61. The minimum Gasteiger partial charge on any atom is -0.383 e. The van der Waals surface area contributed by atoms with E-state index in [1.165, 1.54) is 0 Å². The monoisotopic (exact) mass is 246 g/mol. The summed E-state index contributed by atoms with van der Waals surface area (Å²) in [5.41, 5.74) is 1.07. The first-order valence-electron chi connectivity index (χ1n) is 4.55. The molecule has 1 rings (SSSR count). The lowest BCUT2D eigenvalue weighted by Gasteiger charge is -2.12. The van der Waals surface area contributed by atoms with Gasteiger partial charge in [-0.1, -0.05) is 23.2 Å². The van der Waals surface area contributed by atoms with E-state index in [0.717, 1.165) is 0 Å². The molecule has 3 nitrogen and oxygen atoms in total. The molecular weight excluding hydrogens is 235 g/mol. The number of carbonyl (C=O) groups excluding carboxylic acids is 1. The molecule has 0 aliphatic heterocycles. The summed E-state index contributed by atoms with van der Waals surface area (Å²) >= 11 is 11.8. The maximum absolute atomic E-state index is 11.5. The van der Waals surface area contributed by atoms with Crippen molar-refractivity contribution in [1.82, 2.24) is 5.32 Å². The molecule has 15 heavy (non-hydrogen) atoms. The normalized spacial score (nSPS) is 9.87. The number of rotatable bonds is 3. The minimum absolute atomic E-state index is 0.213. The molecule has 0 bridgehead atoms. The minimum atomic E-state index is -0.213. The third-order valence-electron chi connectivity index (χ3n) is 1.88. The third kappa shape index (κ3) is 2.76. The van der Waals surface area contributed by atoms with Gasteiger partial charge in [0.25, 0.3) is 5.91 Å². The van der Waals surface area contributed by atoms with Crippen LogP contribution in [0.2, 0.25) is 10.0 Å². The number of nitrogens with one attached hydrogen (secondary N) is 2. The molecule has 0 aliphatic rings. The topological polar surface area (TPSA) is 41.1 Å². The second kappa shape index (κ2) is 5.24. The summed E-state index contributed by atoms with van der Waals surface area (Å²) in [7, 11) is 1.56. The molecule has 0 fully saturated rings. The highest BCUT2D eigenvalue weighted by molar-refractivity contribution is 6.37. The molecular formula is C10H12Cl2N2O. The Hall–Kier alpha value is -0.930. The van der Waals surface area contributed by atoms with Crippen molar-refractivity contribution in [3.05, 3.63) is 27.7 Å². The Kier molecular flexibility index (Phi) is 4.24. The maximum Gasteiger partial charge on any atom is 0.253 e. The number of anilines is 1. The molecule has 0 aromatic heterocycles. The first-order chi connectivity index (χ1) is 7.10. The van der Waals surface area contributed by atoms with Gasteiger partial charge in [-0.25, -0.2) is 0 Å². The zero-order chi connectivity index (χ0) is 11.4. The van der Waals surface area contributed by atoms with Crippen molar-refractivity contribution < 1.29 is 4.79 Å². The van der Waals surface area contributed by atoms with Crippen molar-refractivity contribution in [2.45, 2.75) is 6.92 Å². The van der Waals surface area contributed by atoms with Gasteiger partial charge in [-0.05, 0) is 19.1 Å². The van der Waals surface area contributed by atoms with Crippen molar-refractivity contribution in [1.29, 1.82) is 0 Å². The van der Waals surface area contributed by atoms with E-state index in [-0.39, 0.29) is 5.91 Å². The average molecular weight is 247 g/mol. The van der Waals surface area contributed by atoms with E-state index in [0.29, 0.717) is 27.8 Å². The third-order valence-corrected chi connectivity index (χ3v) is 2.40. The lowest BCUT2D eigenvalue weighted by Crippen LogP contribution is -2.20. The lowest BCUT2D eigenvalue weighted by molar-refractivity contribution is 0.0964. The molecule has 0 unspecified atom stereocenters. The number of amides is 1. The maximum atomic E-state index is 11.5. The van der Waals surface area contributed by atoms with Crippen molar-refractivity contribution in [2.24, 2.45) is 0 Å². The Morgan fingerprint density at radius 3 is 2.60 bits per heavy atom. The SMILES string of the molecule is CCNc1c(Cl)cc(Cl)cc1C(=O)NC. The van der Waals surface area contributed by atoms with Crippen LogP contribution >= 0.6 is 23.2 Å². The summed E-state index contributed by atoms with van der Waals surface area (Å²) in [5, 5.41) is 6.47. The molecule has 0 spiro atoms. The molecule has 0 radical (unpaired) electrons. The second-order valence-electron chi connectivity index (χ2n) is 2.92. The first-order valence-corrected chi connectivity index (χ1v) is 5.30. The first kappa shape index (κ1) is 12.1. The fourth-order valence-electron chi connectivity index (χ4n) is 1.24. The Balaban J connectivity index is 3.26. The highest BCUT2D eigenvalue weighted by atomic mass is 35.5. The van der Waals surface area contributed by atoms with E-state index < -0.39 is 0 Å². The van der Waals surface area contributed by atoms with E-state index in [1.807, 2.05) is 6.92 Å². The zero-order valence-electron chi connectivity index (χ0n) is 8.53. The van der Waals surface area contributed by atoms with Crippen molar-refractivity contribution >= 4 is 34.8 Å². The van der Waals surface area contributed by atoms with E-state index in [2.05, 4.69) is 10.6 Å². The van der Waals surface area contributed by atoms with Gasteiger partial charge in [-0.3, -0.25) is 4.79 Å². The van der Waals surface area contributed by atoms with Gasteiger partial charge in [-0.15, -0.1) is 0 Å². The van der Waals surface area contributed by atoms with Crippen LogP contribution in [0.4, 0.5) is 5.69 Å². The zero-order valence-corrected chi connectivity index (χ0v) is 10.0. The highest BCUT2D eigenvalue weighted by Crippen LogP contribution is 2.30. The molecule has 5 heteroatoms. The van der Waals surface area contributed by atoms with Crippen LogP contribution < -0.4 is 10.6 Å². The van der Waals surface area contributed by atoms with Crippen molar-refractivity contribution in [2.75, 3.05) is 18.9 Å². The van der Waals surface area contributed by atoms with E-state index in [4.69, 9.17) is 23.2 Å². The van der Waals surface area contributed by atoms with Gasteiger partial charge in [0.05, 0.1) is 16.3 Å². The molecule has 2 N–H and O–H groups in total. The molecule has 1 amide bonds. The molecule has 82 valence electrons. The van der Waals surface area contributed by atoms with E-state index >= 15 is 0 Å². The van der Waals surface area contributed by atoms with Crippen LogP contribution in [0.5, 0.6) is 0 Å². The fourth-order valence-corrected chi connectivity index (χ4v) is 1.80. The average Bonchev–Trinajstić information content (AvgIpc) is 2.20. The lowest BCUT2D eigenvalue weighted by atomic mass is 10.1. The summed E-state index contributed by atoms with van der Waals surface area (Å²) in [5.74, 6) is -0.213. The Bertz CT molecular complexity index is 380. The molecule has 0 heterocycles. The van der Waals surface area contributed by atoms with Crippen LogP contribution in [-0.4, -0.2) is 19.5 Å². The van der Waals surface area contributed by atoms with Gasteiger partial charge in [0, 0.05) is 18.6 Å². The Morgan fingerprint density at radius 1 is 1.40 bits per heavy atom. The number of halogens is 2. The highest BCUT2D eigenvalue weighted by Gasteiger charge is 2.13. The number of carbonyl (C=O) groups is 1. The van der Waals surface area contributed by atoms with Crippen LogP contribution in [0.25, 0.3) is 0 Å². The number of hydrogen-bond donors (Lipinski definition) is 2. The number of benzene rings is 1. The van der Waals surface area contributed by atoms with Gasteiger partial charge in [0.1, 0.15) is 0 Å². The molecule has 1 aromatic carbocycles. The predicted molar refractivity (Wildman–Crippen MR) is 64.0 cm³/mol. The number of hydrogen-bond acceptors (Lipinski definition) is 2. The van der Waals surface area contributed by atoms with Gasteiger partial charge in [0.15, 0.2) is 0 Å². The molecule has 0 atom stereocenters. The summed E-state index contributed by atoms with van der Waals surface area (Å²) in [6.07, 6.45) is 0. The summed E-state index contributed by atoms with van der Waals surface area (Å²) in [4.78, 5) is 11.5. The van der Waals surface area contributed by atoms with Crippen LogP contribution in [0.15, 0.2) is 12.1 Å². The van der Waals surface area contributed by atoms with Crippen LogP contribution in [-0.2, 0) is 0 Å². The summed E-state index contributed by atoms with van der Waals surface area (Å²) in [6, 6.07) is 3.19. The predicted octanol–water partition coefficient (Wildman–Crippen LogP) is 2.78. The molecule has 0 aliphatic carbocycles. The molecule has 1 aromatic rings. The Morgan fingerprint density at radius 2 is 2.07 bits per heavy atom. The largest absolute Gasteiger partial charge is 0.383 e. The molecule has 0 saturated heterocycles. The van der Waals surface area contributed by atoms with Crippen molar-refractivity contribution in [3.63, 3.8) is 0 Å². The van der Waals surface area contributed by atoms with E-state index in [1.54, 1.807) is 19.2 Å². The van der Waals surface area contributed by atoms with Crippen LogP contribution in [0.3, 0.4) is 0 Å². The van der Waals surface area contributed by atoms with E-state index in [9.17, 15) is 4.79 Å². The van der Waals surface area contributed by atoms with Crippen LogP contribution in [0, 0.1) is 0 Å². The fraction of sp³-hybridized carbons (Fsp3) is 0.300. The smallest absolute Gasteiger partial charge is 0.253 e. The standard InChI is InChI=1S/C10H12Cl2N2O/c1-3-14-9-7(10(15)13-2)4-6(11)5-8(9)12/h4-5,14H,3H2,1-2H3,(H,13,15). The Labute approximate surface area is 98.8 Å². The van der Waals surface area contributed by atoms with Crippen LogP contribution in [0.1, 0.15) is 17.3 Å². The van der Waals surface area contributed by atoms with Crippen molar-refractivity contribution in [3.8, 4) is 0 Å². The van der Waals surface area contributed by atoms with Gasteiger partial charge < -0.3 is 10.6 Å². The van der Waals surface area contributed by atoms with Gasteiger partial charge in [-0.2, -0.15) is 0 Å². The molecule has 0 saturated carbocycles. The van der Waals surface area contributed by atoms with Gasteiger partial charge >= 0.3 is 0 Å². The summed E-state index contributed by atoms with van der Waals surface area (Å²) < 4.78 is 0. The van der Waals surface area contributed by atoms with Gasteiger partial charge in [0.2, 0.25) is 0 Å². The quantitative estimate of drug-likeness (QED) is 0.862.